The molecule has 1 N–H and O–H groups in total. The van der Waals surface area contributed by atoms with Crippen molar-refractivity contribution in [1.82, 2.24) is 10.2 Å². The number of fused-ring (bicyclic) bond motifs is 1. The Morgan fingerprint density at radius 1 is 1.27 bits per heavy atom. The summed E-state index contributed by atoms with van der Waals surface area (Å²) in [6, 6.07) is 6.22. The predicted octanol–water partition coefficient (Wildman–Crippen LogP) is 2.32. The zero-order valence-corrected chi connectivity index (χ0v) is 13.3. The van der Waals surface area contributed by atoms with Crippen molar-refractivity contribution in [2.75, 3.05) is 26.4 Å². The summed E-state index contributed by atoms with van der Waals surface area (Å²) in [6.07, 6.45) is 2.07. The molecule has 0 bridgehead atoms. The number of nitrogens with one attached hydrogen (secondary N) is 1. The molecule has 2 aliphatic rings. The number of hydrogen-bond donors (Lipinski definition) is 1. The van der Waals surface area contributed by atoms with E-state index >= 15 is 0 Å². The predicted molar refractivity (Wildman–Crippen MR) is 84.0 cm³/mol. The van der Waals surface area contributed by atoms with Gasteiger partial charge in [0.05, 0.1) is 6.04 Å². The molecule has 1 fully saturated rings. The summed E-state index contributed by atoms with van der Waals surface area (Å²) >= 11 is 0. The molecule has 1 saturated carbocycles. The van der Waals surface area contributed by atoms with Crippen LogP contribution in [0, 0.1) is 5.92 Å². The van der Waals surface area contributed by atoms with Crippen LogP contribution in [0.3, 0.4) is 0 Å². The number of carbonyl (C=O) groups excluding carboxylic acids is 1. The van der Waals surface area contributed by atoms with Gasteiger partial charge in [-0.3, -0.25) is 9.69 Å². The number of nitrogens with zero attached hydrogens (tertiary/aromatic N) is 1. The van der Waals surface area contributed by atoms with Gasteiger partial charge in [0.15, 0.2) is 11.5 Å². The lowest BCUT2D eigenvalue weighted by Crippen LogP contribution is -2.38. The van der Waals surface area contributed by atoms with E-state index in [9.17, 15) is 4.79 Å². The molecule has 0 saturated heterocycles. The minimum Gasteiger partial charge on any atom is -0.454 e. The molecule has 1 aromatic carbocycles. The molecule has 120 valence electrons. The van der Waals surface area contributed by atoms with E-state index in [1.807, 2.05) is 12.1 Å². The maximum absolute atomic E-state index is 12.0. The molecule has 1 aliphatic carbocycles. The molecule has 22 heavy (non-hydrogen) atoms. The second-order valence-electron chi connectivity index (χ2n) is 5.87. The molecule has 0 radical (unpaired) electrons. The highest BCUT2D eigenvalue weighted by Crippen LogP contribution is 2.35. The minimum atomic E-state index is 0.159. The zero-order valence-electron chi connectivity index (χ0n) is 13.3. The first-order valence-electron chi connectivity index (χ1n) is 8.14. The molecule has 0 aromatic heterocycles. The van der Waals surface area contributed by atoms with Crippen molar-refractivity contribution in [3.05, 3.63) is 23.8 Å². The molecule has 1 heterocycles. The molecule has 1 unspecified atom stereocenters. The van der Waals surface area contributed by atoms with E-state index < -0.39 is 0 Å². The number of hydrogen-bond acceptors (Lipinski definition) is 4. The van der Waals surface area contributed by atoms with Crippen molar-refractivity contribution in [2.24, 2.45) is 5.92 Å². The number of ether oxygens (including phenoxy) is 2. The van der Waals surface area contributed by atoms with Gasteiger partial charge in [0.25, 0.3) is 0 Å². The molecule has 3 rings (SSSR count). The van der Waals surface area contributed by atoms with Gasteiger partial charge in [-0.2, -0.15) is 0 Å². The van der Waals surface area contributed by atoms with Crippen LogP contribution in [-0.2, 0) is 4.79 Å². The summed E-state index contributed by atoms with van der Waals surface area (Å²) in [5.41, 5.74) is 1.16. The van der Waals surface area contributed by atoms with Crippen LogP contribution in [0.5, 0.6) is 11.5 Å². The highest BCUT2D eigenvalue weighted by atomic mass is 16.7. The van der Waals surface area contributed by atoms with Crippen LogP contribution in [-0.4, -0.2) is 37.2 Å². The number of carbonyl (C=O) groups is 1. The van der Waals surface area contributed by atoms with Gasteiger partial charge in [-0.25, -0.2) is 0 Å². The van der Waals surface area contributed by atoms with E-state index in [4.69, 9.17) is 9.47 Å². The Hall–Kier alpha value is -1.75. The van der Waals surface area contributed by atoms with Crippen molar-refractivity contribution in [3.63, 3.8) is 0 Å². The summed E-state index contributed by atoms with van der Waals surface area (Å²) in [6.45, 7) is 7.09. The zero-order chi connectivity index (χ0) is 15.5. The van der Waals surface area contributed by atoms with Gasteiger partial charge in [0, 0.05) is 12.5 Å². The largest absolute Gasteiger partial charge is 0.454 e. The summed E-state index contributed by atoms with van der Waals surface area (Å²) in [5.74, 6) is 2.03. The van der Waals surface area contributed by atoms with E-state index in [0.717, 1.165) is 43.0 Å². The first kappa shape index (κ1) is 15.2. The molecule has 5 nitrogen and oxygen atoms in total. The summed E-state index contributed by atoms with van der Waals surface area (Å²) in [4.78, 5) is 14.3. The van der Waals surface area contributed by atoms with Gasteiger partial charge in [-0.05, 0) is 43.6 Å². The fraction of sp³-hybridized carbons (Fsp3) is 0.588. The lowest BCUT2D eigenvalue weighted by molar-refractivity contribution is -0.122. The Labute approximate surface area is 131 Å². The summed E-state index contributed by atoms with van der Waals surface area (Å²) in [5, 5.41) is 3.11. The second kappa shape index (κ2) is 6.57. The number of amides is 1. The topological polar surface area (TPSA) is 50.8 Å². The van der Waals surface area contributed by atoms with Crippen LogP contribution >= 0.6 is 0 Å². The SMILES string of the molecule is CCN(CC)C(CNC(=O)C1CC1)c1ccc2c(c1)OCO2. The van der Waals surface area contributed by atoms with E-state index in [1.54, 1.807) is 0 Å². The third kappa shape index (κ3) is 3.19. The minimum absolute atomic E-state index is 0.159. The molecular weight excluding hydrogens is 280 g/mol. The van der Waals surface area contributed by atoms with Gasteiger partial charge >= 0.3 is 0 Å². The summed E-state index contributed by atoms with van der Waals surface area (Å²) < 4.78 is 10.9. The Morgan fingerprint density at radius 3 is 2.68 bits per heavy atom. The normalized spacial score (nSPS) is 17.6. The van der Waals surface area contributed by atoms with E-state index in [2.05, 4.69) is 30.1 Å². The Kier molecular flexibility index (Phi) is 4.52. The van der Waals surface area contributed by atoms with Gasteiger partial charge in [-0.1, -0.05) is 19.9 Å². The van der Waals surface area contributed by atoms with Crippen LogP contribution in [0.2, 0.25) is 0 Å². The molecule has 1 aliphatic heterocycles. The van der Waals surface area contributed by atoms with E-state index in [-0.39, 0.29) is 24.7 Å². The fourth-order valence-electron chi connectivity index (χ4n) is 2.93. The van der Waals surface area contributed by atoms with Gasteiger partial charge in [-0.15, -0.1) is 0 Å². The Balaban J connectivity index is 1.75. The van der Waals surface area contributed by atoms with Crippen LogP contribution in [0.1, 0.15) is 38.3 Å². The third-order valence-electron chi connectivity index (χ3n) is 4.45. The standard InChI is InChI=1S/C17H24N2O3/c1-3-19(4-2)14(10-18-17(20)12-5-6-12)13-7-8-15-16(9-13)22-11-21-15/h7-9,12,14H,3-6,10-11H2,1-2H3,(H,18,20). The molecule has 5 heteroatoms. The average molecular weight is 304 g/mol. The van der Waals surface area contributed by atoms with Crippen molar-refractivity contribution in [2.45, 2.75) is 32.7 Å². The van der Waals surface area contributed by atoms with Crippen LogP contribution in [0.15, 0.2) is 18.2 Å². The number of rotatable bonds is 7. The summed E-state index contributed by atoms with van der Waals surface area (Å²) in [7, 11) is 0. The molecule has 1 atom stereocenters. The van der Waals surface area contributed by atoms with Gasteiger partial charge < -0.3 is 14.8 Å². The quantitative estimate of drug-likeness (QED) is 0.840. The molecular formula is C17H24N2O3. The number of likely N-dealkylation sites (N-methyl/N-ethyl adjacent to an activating group) is 1. The van der Waals surface area contributed by atoms with Crippen molar-refractivity contribution >= 4 is 5.91 Å². The van der Waals surface area contributed by atoms with E-state index in [0.29, 0.717) is 6.54 Å². The highest BCUT2D eigenvalue weighted by molar-refractivity contribution is 5.80. The molecule has 1 amide bonds. The molecule has 0 spiro atoms. The van der Waals surface area contributed by atoms with Crippen molar-refractivity contribution in [3.8, 4) is 11.5 Å². The smallest absolute Gasteiger partial charge is 0.231 e. The van der Waals surface area contributed by atoms with Gasteiger partial charge in [0.2, 0.25) is 12.7 Å². The van der Waals surface area contributed by atoms with Gasteiger partial charge in [0.1, 0.15) is 0 Å². The Morgan fingerprint density at radius 2 is 2.00 bits per heavy atom. The van der Waals surface area contributed by atoms with Crippen LogP contribution < -0.4 is 14.8 Å². The highest BCUT2D eigenvalue weighted by Gasteiger charge is 2.30. The second-order valence-corrected chi connectivity index (χ2v) is 5.87. The van der Waals surface area contributed by atoms with Crippen molar-refractivity contribution in [1.29, 1.82) is 0 Å². The van der Waals surface area contributed by atoms with Crippen LogP contribution in [0.4, 0.5) is 0 Å². The lowest BCUT2D eigenvalue weighted by atomic mass is 10.0. The van der Waals surface area contributed by atoms with Crippen LogP contribution in [0.25, 0.3) is 0 Å². The average Bonchev–Trinajstić information content (AvgIpc) is 3.29. The maximum atomic E-state index is 12.0. The third-order valence-corrected chi connectivity index (χ3v) is 4.45. The lowest BCUT2D eigenvalue weighted by Gasteiger charge is -2.30. The first-order valence-corrected chi connectivity index (χ1v) is 8.14. The first-order chi connectivity index (χ1) is 10.7. The molecule has 1 aromatic rings. The monoisotopic (exact) mass is 304 g/mol. The Bertz CT molecular complexity index is 539. The van der Waals surface area contributed by atoms with Crippen molar-refractivity contribution < 1.29 is 14.3 Å². The van der Waals surface area contributed by atoms with E-state index in [1.165, 1.54) is 0 Å². The maximum Gasteiger partial charge on any atom is 0.231 e. The number of benzene rings is 1. The fourth-order valence-corrected chi connectivity index (χ4v) is 2.93.